The fraction of sp³-hybridized carbons (Fsp3) is 0.625. The minimum Gasteiger partial charge on any atom is -0.486 e. The number of nitrogens with one attached hydrogen (secondary N) is 1. The Bertz CT molecular complexity index is 364. The molecule has 3 nitrogen and oxygen atoms in total. The van der Waals surface area contributed by atoms with Gasteiger partial charge in [-0.1, -0.05) is 45.9 Å². The molecule has 1 aromatic rings. The summed E-state index contributed by atoms with van der Waals surface area (Å²) < 4.78 is 11.4. The fourth-order valence-corrected chi connectivity index (χ4v) is 1.93. The Labute approximate surface area is 117 Å². The normalized spacial score (nSPS) is 13.0. The lowest BCUT2D eigenvalue weighted by molar-refractivity contribution is 0.0786. The Morgan fingerprint density at radius 2 is 1.79 bits per heavy atom. The van der Waals surface area contributed by atoms with Crippen molar-refractivity contribution in [3.05, 3.63) is 29.8 Å². The van der Waals surface area contributed by atoms with Crippen LogP contribution in [0.5, 0.6) is 5.75 Å². The fourth-order valence-electron chi connectivity index (χ4n) is 1.93. The maximum absolute atomic E-state index is 6.11. The molecular weight excluding hydrogens is 238 g/mol. The van der Waals surface area contributed by atoms with Gasteiger partial charge in [0.05, 0.1) is 6.61 Å². The van der Waals surface area contributed by atoms with Gasteiger partial charge in [0.1, 0.15) is 11.9 Å². The van der Waals surface area contributed by atoms with Crippen LogP contribution in [0.15, 0.2) is 24.3 Å². The molecule has 19 heavy (non-hydrogen) atoms. The summed E-state index contributed by atoms with van der Waals surface area (Å²) >= 11 is 0. The summed E-state index contributed by atoms with van der Waals surface area (Å²) in [6.07, 6.45) is 0.0345. The summed E-state index contributed by atoms with van der Waals surface area (Å²) in [5.41, 5.74) is 1.24. The van der Waals surface area contributed by atoms with Crippen LogP contribution in [0.3, 0.4) is 0 Å². The van der Waals surface area contributed by atoms with Crippen LogP contribution in [0.1, 0.15) is 39.2 Å². The van der Waals surface area contributed by atoms with Gasteiger partial charge in [0, 0.05) is 19.7 Å². The summed E-state index contributed by atoms with van der Waals surface area (Å²) in [7, 11) is 1.71. The van der Waals surface area contributed by atoms with Crippen LogP contribution >= 0.6 is 0 Å². The first-order valence-corrected chi connectivity index (χ1v) is 7.02. The number of benzene rings is 1. The average molecular weight is 265 g/mol. The van der Waals surface area contributed by atoms with Crippen LogP contribution in [0.4, 0.5) is 0 Å². The lowest BCUT2D eigenvalue weighted by Crippen LogP contribution is -2.38. The van der Waals surface area contributed by atoms with Gasteiger partial charge in [-0.2, -0.15) is 0 Å². The maximum Gasteiger partial charge on any atom is 0.134 e. The monoisotopic (exact) mass is 265 g/mol. The highest BCUT2D eigenvalue weighted by molar-refractivity contribution is 5.35. The highest BCUT2D eigenvalue weighted by atomic mass is 16.5. The second-order valence-corrected chi connectivity index (χ2v) is 5.45. The Hall–Kier alpha value is -1.06. The minimum absolute atomic E-state index is 0.0345. The van der Waals surface area contributed by atoms with E-state index in [1.807, 2.05) is 12.1 Å². The topological polar surface area (TPSA) is 30.5 Å². The lowest BCUT2D eigenvalue weighted by atomic mass is 10.0. The van der Waals surface area contributed by atoms with E-state index in [1.165, 1.54) is 5.56 Å². The highest BCUT2D eigenvalue weighted by Crippen LogP contribution is 2.26. The molecule has 3 heteroatoms. The van der Waals surface area contributed by atoms with E-state index in [2.05, 4.69) is 45.1 Å². The van der Waals surface area contributed by atoms with Gasteiger partial charge in [0.2, 0.25) is 0 Å². The number of ether oxygens (including phenoxy) is 2. The average Bonchev–Trinajstić information content (AvgIpc) is 2.36. The Kier molecular flexibility index (Phi) is 6.89. The van der Waals surface area contributed by atoms with Crippen LogP contribution < -0.4 is 10.1 Å². The molecule has 0 radical (unpaired) electrons. The first-order chi connectivity index (χ1) is 9.04. The molecule has 1 rings (SSSR count). The third kappa shape index (κ3) is 5.62. The van der Waals surface area contributed by atoms with Gasteiger partial charge in [0.25, 0.3) is 0 Å². The summed E-state index contributed by atoms with van der Waals surface area (Å²) in [6.45, 7) is 10.0. The van der Waals surface area contributed by atoms with E-state index in [4.69, 9.17) is 9.47 Å². The van der Waals surface area contributed by atoms with Gasteiger partial charge >= 0.3 is 0 Å². The standard InChI is InChI=1S/C16H27NO2/c1-12(2)15-8-6-7-9-16(15)19-14(11-18-5)10-17-13(3)4/h6-9,12-14,17H,10-11H2,1-5H3. The maximum atomic E-state index is 6.11. The first kappa shape index (κ1) is 16.0. The van der Waals surface area contributed by atoms with Crippen LogP contribution in [0, 0.1) is 0 Å². The molecule has 0 aliphatic carbocycles. The number of hydrogen-bond acceptors (Lipinski definition) is 3. The second kappa shape index (κ2) is 8.18. The van der Waals surface area contributed by atoms with E-state index in [-0.39, 0.29) is 6.10 Å². The van der Waals surface area contributed by atoms with Crippen molar-refractivity contribution in [2.75, 3.05) is 20.3 Å². The van der Waals surface area contributed by atoms with Crippen LogP contribution in [-0.4, -0.2) is 32.4 Å². The zero-order valence-electron chi connectivity index (χ0n) is 12.8. The van der Waals surface area contributed by atoms with E-state index in [0.29, 0.717) is 18.6 Å². The first-order valence-electron chi connectivity index (χ1n) is 7.02. The molecule has 0 saturated carbocycles. The zero-order chi connectivity index (χ0) is 14.3. The highest BCUT2D eigenvalue weighted by Gasteiger charge is 2.14. The van der Waals surface area contributed by atoms with Gasteiger partial charge in [-0.15, -0.1) is 0 Å². The predicted octanol–water partition coefficient (Wildman–Crippen LogP) is 3.20. The molecule has 108 valence electrons. The molecule has 0 fully saturated rings. The summed E-state index contributed by atoms with van der Waals surface area (Å²) in [6, 6.07) is 8.68. The molecule has 0 spiro atoms. The molecule has 1 unspecified atom stereocenters. The molecule has 1 aromatic carbocycles. The van der Waals surface area contributed by atoms with Crippen molar-refractivity contribution in [2.45, 2.75) is 45.8 Å². The van der Waals surface area contributed by atoms with Crippen molar-refractivity contribution < 1.29 is 9.47 Å². The molecule has 0 amide bonds. The van der Waals surface area contributed by atoms with Gasteiger partial charge < -0.3 is 14.8 Å². The minimum atomic E-state index is 0.0345. The van der Waals surface area contributed by atoms with E-state index < -0.39 is 0 Å². The molecule has 1 atom stereocenters. The SMILES string of the molecule is COCC(CNC(C)C)Oc1ccccc1C(C)C. The van der Waals surface area contributed by atoms with Crippen molar-refractivity contribution in [3.63, 3.8) is 0 Å². The Balaban J connectivity index is 2.72. The van der Waals surface area contributed by atoms with Gasteiger partial charge in [-0.25, -0.2) is 0 Å². The van der Waals surface area contributed by atoms with Crippen LogP contribution in [0.25, 0.3) is 0 Å². The quantitative estimate of drug-likeness (QED) is 0.783. The number of rotatable bonds is 8. The second-order valence-electron chi connectivity index (χ2n) is 5.45. The van der Waals surface area contributed by atoms with Crippen molar-refractivity contribution in [1.29, 1.82) is 0 Å². The molecule has 0 saturated heterocycles. The summed E-state index contributed by atoms with van der Waals surface area (Å²) in [5.74, 6) is 1.42. The zero-order valence-corrected chi connectivity index (χ0v) is 12.8. The van der Waals surface area contributed by atoms with Gasteiger partial charge in [-0.05, 0) is 17.5 Å². The molecule has 0 bridgehead atoms. The molecule has 0 aliphatic rings. The van der Waals surface area contributed by atoms with Crippen molar-refractivity contribution in [1.82, 2.24) is 5.32 Å². The number of para-hydroxylation sites is 1. The Morgan fingerprint density at radius 1 is 1.11 bits per heavy atom. The van der Waals surface area contributed by atoms with E-state index in [1.54, 1.807) is 7.11 Å². The number of methoxy groups -OCH3 is 1. The molecule has 1 N–H and O–H groups in total. The van der Waals surface area contributed by atoms with Crippen molar-refractivity contribution >= 4 is 0 Å². The molecule has 0 aliphatic heterocycles. The van der Waals surface area contributed by atoms with E-state index >= 15 is 0 Å². The predicted molar refractivity (Wildman–Crippen MR) is 80.0 cm³/mol. The van der Waals surface area contributed by atoms with E-state index in [9.17, 15) is 0 Å². The van der Waals surface area contributed by atoms with Crippen LogP contribution in [-0.2, 0) is 4.74 Å². The summed E-state index contributed by atoms with van der Waals surface area (Å²) in [5, 5.41) is 3.39. The Morgan fingerprint density at radius 3 is 2.37 bits per heavy atom. The van der Waals surface area contributed by atoms with Crippen molar-refractivity contribution in [3.8, 4) is 5.75 Å². The molecule has 0 heterocycles. The third-order valence-corrected chi connectivity index (χ3v) is 2.94. The van der Waals surface area contributed by atoms with Crippen molar-refractivity contribution in [2.24, 2.45) is 0 Å². The largest absolute Gasteiger partial charge is 0.486 e. The summed E-state index contributed by atoms with van der Waals surface area (Å²) in [4.78, 5) is 0. The van der Waals surface area contributed by atoms with Gasteiger partial charge in [-0.3, -0.25) is 0 Å². The molecular formula is C16H27NO2. The lowest BCUT2D eigenvalue weighted by Gasteiger charge is -2.22. The van der Waals surface area contributed by atoms with E-state index in [0.717, 1.165) is 12.3 Å². The number of hydrogen-bond donors (Lipinski definition) is 1. The molecule has 0 aromatic heterocycles. The smallest absolute Gasteiger partial charge is 0.134 e. The van der Waals surface area contributed by atoms with Gasteiger partial charge in [0.15, 0.2) is 0 Å². The third-order valence-electron chi connectivity index (χ3n) is 2.94. The van der Waals surface area contributed by atoms with Crippen LogP contribution in [0.2, 0.25) is 0 Å².